The number of benzene rings is 2. The van der Waals surface area contributed by atoms with Gasteiger partial charge in [-0.3, -0.25) is 9.69 Å². The van der Waals surface area contributed by atoms with Crippen LogP contribution in [0.1, 0.15) is 18.0 Å². The first-order chi connectivity index (χ1) is 13.7. The summed E-state index contributed by atoms with van der Waals surface area (Å²) in [5.74, 6) is 2.23. The van der Waals surface area contributed by atoms with Gasteiger partial charge in [0.2, 0.25) is 12.7 Å². The summed E-state index contributed by atoms with van der Waals surface area (Å²) in [5.41, 5.74) is 1.87. The Hall–Kier alpha value is -2.77. The Bertz CT molecular complexity index is 842. The van der Waals surface area contributed by atoms with Crippen LogP contribution in [0.4, 0.5) is 5.69 Å². The van der Waals surface area contributed by atoms with Crippen molar-refractivity contribution in [1.29, 1.82) is 0 Å². The molecule has 1 amide bonds. The molecule has 2 N–H and O–H groups in total. The minimum Gasteiger partial charge on any atom is -0.496 e. The Morgan fingerprint density at radius 3 is 3.00 bits per heavy atom. The van der Waals surface area contributed by atoms with Crippen LogP contribution in [0.3, 0.4) is 0 Å². The molecular weight excluding hydrogens is 358 g/mol. The Morgan fingerprint density at radius 1 is 1.25 bits per heavy atom. The first kappa shape index (κ1) is 18.6. The molecule has 0 aromatic heterocycles. The number of piperazine rings is 1. The van der Waals surface area contributed by atoms with Gasteiger partial charge in [-0.15, -0.1) is 0 Å². The number of nitrogens with zero attached hydrogens (tertiary/aromatic N) is 1. The molecule has 7 nitrogen and oxygen atoms in total. The minimum absolute atomic E-state index is 0.0174. The van der Waals surface area contributed by atoms with E-state index in [1.807, 2.05) is 30.3 Å². The first-order valence-corrected chi connectivity index (χ1v) is 9.52. The van der Waals surface area contributed by atoms with Crippen LogP contribution < -0.4 is 24.8 Å². The fraction of sp³-hybridized carbons (Fsp3) is 0.381. The Balaban J connectivity index is 1.37. The fourth-order valence-corrected chi connectivity index (χ4v) is 3.71. The topological polar surface area (TPSA) is 72.1 Å². The van der Waals surface area contributed by atoms with Crippen molar-refractivity contribution in [2.75, 3.05) is 45.4 Å². The van der Waals surface area contributed by atoms with E-state index in [1.54, 1.807) is 13.2 Å². The van der Waals surface area contributed by atoms with Crippen molar-refractivity contribution < 1.29 is 19.0 Å². The standard InChI is InChI=1S/C21H25N3O4/c1-26-18-5-3-2-4-16(18)17-13-22-9-11-24(17)10-8-21(25)23-15-6-7-19-20(12-15)28-14-27-19/h2-7,12,17,22H,8-11,13-14H2,1H3,(H,23,25). The number of fused-ring (bicyclic) bond motifs is 1. The van der Waals surface area contributed by atoms with Gasteiger partial charge in [-0.05, 0) is 18.2 Å². The molecule has 1 atom stereocenters. The van der Waals surface area contributed by atoms with Crippen molar-refractivity contribution >= 4 is 11.6 Å². The summed E-state index contributed by atoms with van der Waals surface area (Å²) in [6.07, 6.45) is 0.417. The molecule has 0 radical (unpaired) electrons. The van der Waals surface area contributed by atoms with E-state index in [4.69, 9.17) is 14.2 Å². The van der Waals surface area contributed by atoms with Crippen LogP contribution >= 0.6 is 0 Å². The number of hydrogen-bond donors (Lipinski definition) is 2. The number of rotatable bonds is 6. The third kappa shape index (κ3) is 4.05. The van der Waals surface area contributed by atoms with Crippen LogP contribution in [-0.4, -0.2) is 50.9 Å². The van der Waals surface area contributed by atoms with Crippen molar-refractivity contribution in [3.05, 3.63) is 48.0 Å². The van der Waals surface area contributed by atoms with Crippen molar-refractivity contribution in [2.45, 2.75) is 12.5 Å². The monoisotopic (exact) mass is 383 g/mol. The number of anilines is 1. The highest BCUT2D eigenvalue weighted by molar-refractivity contribution is 5.91. The molecule has 2 aromatic rings. The summed E-state index contributed by atoms with van der Waals surface area (Å²) >= 11 is 0. The van der Waals surface area contributed by atoms with E-state index >= 15 is 0 Å². The zero-order valence-corrected chi connectivity index (χ0v) is 15.9. The highest BCUT2D eigenvalue weighted by atomic mass is 16.7. The van der Waals surface area contributed by atoms with Gasteiger partial charge < -0.3 is 24.8 Å². The van der Waals surface area contributed by atoms with E-state index < -0.39 is 0 Å². The summed E-state index contributed by atoms with van der Waals surface area (Å²) in [5, 5.41) is 6.39. The van der Waals surface area contributed by atoms with Gasteiger partial charge in [0.25, 0.3) is 0 Å². The molecular formula is C21H25N3O4. The number of hydrogen-bond acceptors (Lipinski definition) is 6. The van der Waals surface area contributed by atoms with Gasteiger partial charge in [-0.2, -0.15) is 0 Å². The van der Waals surface area contributed by atoms with Gasteiger partial charge in [-0.1, -0.05) is 18.2 Å². The molecule has 1 unspecified atom stereocenters. The number of carbonyl (C=O) groups excluding carboxylic acids is 1. The first-order valence-electron chi connectivity index (χ1n) is 9.52. The largest absolute Gasteiger partial charge is 0.496 e. The van der Waals surface area contributed by atoms with Gasteiger partial charge in [0.1, 0.15) is 5.75 Å². The molecule has 28 heavy (non-hydrogen) atoms. The van der Waals surface area contributed by atoms with Gasteiger partial charge in [0.15, 0.2) is 11.5 Å². The molecule has 0 bridgehead atoms. The molecule has 148 valence electrons. The van der Waals surface area contributed by atoms with Gasteiger partial charge >= 0.3 is 0 Å². The highest BCUT2D eigenvalue weighted by Crippen LogP contribution is 2.34. The third-order valence-corrected chi connectivity index (χ3v) is 5.13. The lowest BCUT2D eigenvalue weighted by Gasteiger charge is -2.37. The lowest BCUT2D eigenvalue weighted by molar-refractivity contribution is -0.116. The third-order valence-electron chi connectivity index (χ3n) is 5.13. The Morgan fingerprint density at radius 2 is 2.11 bits per heavy atom. The zero-order chi connectivity index (χ0) is 19.3. The number of para-hydroxylation sites is 1. The Kier molecular flexibility index (Phi) is 5.64. The molecule has 1 fully saturated rings. The van der Waals surface area contributed by atoms with E-state index in [-0.39, 0.29) is 18.7 Å². The second-order valence-corrected chi connectivity index (χ2v) is 6.86. The minimum atomic E-state index is -0.0174. The molecule has 2 aromatic carbocycles. The maximum absolute atomic E-state index is 12.5. The van der Waals surface area contributed by atoms with E-state index in [1.165, 1.54) is 0 Å². The second-order valence-electron chi connectivity index (χ2n) is 6.86. The SMILES string of the molecule is COc1ccccc1C1CNCCN1CCC(=O)Nc1ccc2c(c1)OCO2. The summed E-state index contributed by atoms with van der Waals surface area (Å²) in [6, 6.07) is 13.7. The fourth-order valence-electron chi connectivity index (χ4n) is 3.71. The molecule has 2 heterocycles. The molecule has 2 aliphatic heterocycles. The van der Waals surface area contributed by atoms with E-state index in [9.17, 15) is 4.79 Å². The summed E-state index contributed by atoms with van der Waals surface area (Å²) in [4.78, 5) is 14.8. The molecule has 0 spiro atoms. The molecule has 4 rings (SSSR count). The second kappa shape index (κ2) is 8.50. The number of amides is 1. The van der Waals surface area contributed by atoms with E-state index in [0.717, 1.165) is 36.6 Å². The Labute approximate surface area is 164 Å². The van der Waals surface area contributed by atoms with Crippen molar-refractivity contribution in [1.82, 2.24) is 10.2 Å². The molecule has 1 saturated heterocycles. The summed E-state index contributed by atoms with van der Waals surface area (Å²) in [7, 11) is 1.69. The van der Waals surface area contributed by atoms with Crippen molar-refractivity contribution in [2.24, 2.45) is 0 Å². The normalized spacial score (nSPS) is 18.7. The maximum Gasteiger partial charge on any atom is 0.231 e. The molecule has 0 aliphatic carbocycles. The number of methoxy groups -OCH3 is 1. The predicted octanol–water partition coefficient (Wildman–Crippen LogP) is 2.40. The molecule has 2 aliphatic rings. The smallest absolute Gasteiger partial charge is 0.231 e. The summed E-state index contributed by atoms with van der Waals surface area (Å²) < 4.78 is 16.2. The van der Waals surface area contributed by atoms with Crippen LogP contribution in [0.5, 0.6) is 17.2 Å². The summed E-state index contributed by atoms with van der Waals surface area (Å²) in [6.45, 7) is 3.54. The van der Waals surface area contributed by atoms with Gasteiger partial charge in [0, 0.05) is 49.9 Å². The average Bonchev–Trinajstić information content (AvgIpc) is 3.20. The molecule has 0 saturated carbocycles. The predicted molar refractivity (Wildman–Crippen MR) is 106 cm³/mol. The lowest BCUT2D eigenvalue weighted by Crippen LogP contribution is -2.46. The quantitative estimate of drug-likeness (QED) is 0.798. The van der Waals surface area contributed by atoms with Crippen LogP contribution in [0.25, 0.3) is 0 Å². The zero-order valence-electron chi connectivity index (χ0n) is 15.9. The van der Waals surface area contributed by atoms with Gasteiger partial charge in [0.05, 0.1) is 13.2 Å². The van der Waals surface area contributed by atoms with Gasteiger partial charge in [-0.25, -0.2) is 0 Å². The van der Waals surface area contributed by atoms with Crippen LogP contribution in [0, 0.1) is 0 Å². The molecule has 7 heteroatoms. The van der Waals surface area contributed by atoms with Crippen molar-refractivity contribution in [3.8, 4) is 17.2 Å². The van der Waals surface area contributed by atoms with Crippen LogP contribution in [0.2, 0.25) is 0 Å². The average molecular weight is 383 g/mol. The van der Waals surface area contributed by atoms with E-state index in [0.29, 0.717) is 24.5 Å². The number of nitrogens with one attached hydrogen (secondary N) is 2. The maximum atomic E-state index is 12.5. The highest BCUT2D eigenvalue weighted by Gasteiger charge is 2.26. The van der Waals surface area contributed by atoms with Crippen LogP contribution in [0.15, 0.2) is 42.5 Å². The van der Waals surface area contributed by atoms with Crippen molar-refractivity contribution in [3.63, 3.8) is 0 Å². The number of ether oxygens (including phenoxy) is 3. The van der Waals surface area contributed by atoms with E-state index in [2.05, 4.69) is 21.6 Å². The number of carbonyl (C=O) groups is 1. The van der Waals surface area contributed by atoms with Crippen LogP contribution in [-0.2, 0) is 4.79 Å². The lowest BCUT2D eigenvalue weighted by atomic mass is 10.0.